The van der Waals surface area contributed by atoms with Gasteiger partial charge in [0.2, 0.25) is 10.0 Å². The van der Waals surface area contributed by atoms with Gasteiger partial charge in [-0.1, -0.05) is 0 Å². The number of fused-ring (bicyclic) bond motifs is 1. The van der Waals surface area contributed by atoms with Crippen molar-refractivity contribution in [1.82, 2.24) is 4.98 Å². The maximum Gasteiger partial charge on any atom is 0.262 e. The molecule has 148 valence electrons. The lowest BCUT2D eigenvalue weighted by Crippen LogP contribution is -2.20. The van der Waals surface area contributed by atoms with Crippen LogP contribution in [0.3, 0.4) is 0 Å². The van der Waals surface area contributed by atoms with Crippen LogP contribution in [0.2, 0.25) is 0 Å². The van der Waals surface area contributed by atoms with E-state index in [1.807, 2.05) is 18.3 Å². The van der Waals surface area contributed by atoms with Gasteiger partial charge in [-0.3, -0.25) is 9.52 Å². The number of benzene rings is 2. The summed E-state index contributed by atoms with van der Waals surface area (Å²) in [6, 6.07) is 11.9. The van der Waals surface area contributed by atoms with Crippen molar-refractivity contribution < 1.29 is 17.9 Å². The van der Waals surface area contributed by atoms with E-state index < -0.39 is 10.0 Å². The van der Waals surface area contributed by atoms with Gasteiger partial charge in [-0.15, -0.1) is 0 Å². The number of sulfonamides is 1. The highest BCUT2D eigenvalue weighted by atomic mass is 32.2. The zero-order valence-electron chi connectivity index (χ0n) is 15.4. The van der Waals surface area contributed by atoms with Crippen LogP contribution in [0, 0.1) is 0 Å². The minimum absolute atomic E-state index is 0.147. The van der Waals surface area contributed by atoms with Crippen molar-refractivity contribution in [3.8, 4) is 5.75 Å². The molecule has 0 unspecified atom stereocenters. The lowest BCUT2D eigenvalue weighted by atomic mass is 10.1. The summed E-state index contributed by atoms with van der Waals surface area (Å²) in [4.78, 5) is 15.3. The van der Waals surface area contributed by atoms with Crippen LogP contribution in [0.1, 0.15) is 5.56 Å². The van der Waals surface area contributed by atoms with Crippen molar-refractivity contribution in [2.75, 3.05) is 29.4 Å². The number of nitrogens with one attached hydrogen (secondary N) is 3. The molecule has 0 saturated carbocycles. The summed E-state index contributed by atoms with van der Waals surface area (Å²) in [5.41, 5.74) is 8.69. The Hall–Kier alpha value is -3.04. The van der Waals surface area contributed by atoms with Gasteiger partial charge in [0, 0.05) is 28.5 Å². The Bertz CT molecular complexity index is 1080. The number of hydrogen-bond donors (Lipinski definition) is 4. The van der Waals surface area contributed by atoms with Crippen LogP contribution in [-0.2, 0) is 21.2 Å². The highest BCUT2D eigenvalue weighted by molar-refractivity contribution is 7.92. The number of aromatic amines is 1. The van der Waals surface area contributed by atoms with E-state index >= 15 is 0 Å². The molecule has 0 spiro atoms. The molecule has 1 aromatic heterocycles. The maximum absolute atomic E-state index is 12.1. The van der Waals surface area contributed by atoms with E-state index in [1.165, 1.54) is 0 Å². The normalized spacial score (nSPS) is 11.4. The Morgan fingerprint density at radius 2 is 1.86 bits per heavy atom. The van der Waals surface area contributed by atoms with Crippen molar-refractivity contribution in [3.63, 3.8) is 0 Å². The third-order valence-electron chi connectivity index (χ3n) is 3.99. The third-order valence-corrected chi connectivity index (χ3v) is 4.60. The van der Waals surface area contributed by atoms with Gasteiger partial charge in [0.1, 0.15) is 5.75 Å². The van der Waals surface area contributed by atoms with E-state index in [4.69, 9.17) is 10.5 Å². The molecule has 0 radical (unpaired) electrons. The summed E-state index contributed by atoms with van der Waals surface area (Å²) in [7, 11) is -3.34. The highest BCUT2D eigenvalue weighted by Gasteiger charge is 2.08. The molecule has 5 N–H and O–H groups in total. The number of carbonyl (C=O) groups is 1. The van der Waals surface area contributed by atoms with E-state index in [1.54, 1.807) is 30.3 Å². The number of H-pyrrole nitrogens is 1. The topological polar surface area (TPSA) is 126 Å². The van der Waals surface area contributed by atoms with Crippen molar-refractivity contribution in [2.24, 2.45) is 5.73 Å². The maximum atomic E-state index is 12.1. The molecule has 0 fully saturated rings. The molecule has 3 rings (SSSR count). The number of aromatic nitrogens is 1. The average molecular weight is 402 g/mol. The predicted octanol–water partition coefficient (Wildman–Crippen LogP) is 2.06. The van der Waals surface area contributed by atoms with Crippen molar-refractivity contribution in [3.05, 3.63) is 54.2 Å². The summed E-state index contributed by atoms with van der Waals surface area (Å²) in [5, 5.41) is 3.73. The molecule has 8 nitrogen and oxygen atoms in total. The average Bonchev–Trinajstić information content (AvgIpc) is 3.03. The zero-order chi connectivity index (χ0) is 20.1. The quantitative estimate of drug-likeness (QED) is 0.459. The number of anilines is 2. The fraction of sp³-hybridized carbons (Fsp3) is 0.211. The molecule has 9 heteroatoms. The fourth-order valence-electron chi connectivity index (χ4n) is 2.79. The largest absolute Gasteiger partial charge is 0.484 e. The van der Waals surface area contributed by atoms with Gasteiger partial charge in [0.15, 0.2) is 6.61 Å². The smallest absolute Gasteiger partial charge is 0.262 e. The number of hydrogen-bond acceptors (Lipinski definition) is 5. The van der Waals surface area contributed by atoms with Gasteiger partial charge in [-0.2, -0.15) is 0 Å². The van der Waals surface area contributed by atoms with Crippen molar-refractivity contribution >= 4 is 38.2 Å². The molecule has 28 heavy (non-hydrogen) atoms. The molecule has 1 heterocycles. The Balaban J connectivity index is 1.58. The number of rotatable bonds is 8. The molecule has 0 bridgehead atoms. The Labute approximate surface area is 163 Å². The second-order valence-corrected chi connectivity index (χ2v) is 8.10. The lowest BCUT2D eigenvalue weighted by molar-refractivity contribution is -0.118. The monoisotopic (exact) mass is 402 g/mol. The van der Waals surface area contributed by atoms with E-state index in [-0.39, 0.29) is 12.5 Å². The van der Waals surface area contributed by atoms with Crippen LogP contribution in [0.15, 0.2) is 48.7 Å². The number of amides is 1. The lowest BCUT2D eigenvalue weighted by Gasteiger charge is -2.09. The second-order valence-electron chi connectivity index (χ2n) is 6.35. The van der Waals surface area contributed by atoms with Crippen molar-refractivity contribution in [2.45, 2.75) is 6.42 Å². The van der Waals surface area contributed by atoms with Gasteiger partial charge < -0.3 is 20.8 Å². The zero-order valence-corrected chi connectivity index (χ0v) is 16.2. The van der Waals surface area contributed by atoms with Crippen molar-refractivity contribution in [1.29, 1.82) is 0 Å². The summed E-state index contributed by atoms with van der Waals surface area (Å²) in [5.74, 6) is 0.272. The van der Waals surface area contributed by atoms with Gasteiger partial charge >= 0.3 is 0 Å². The van der Waals surface area contributed by atoms with Crippen LogP contribution in [0.25, 0.3) is 10.9 Å². The first-order chi connectivity index (χ1) is 13.3. The van der Waals surface area contributed by atoms with Gasteiger partial charge in [-0.05, 0) is 61.0 Å². The first-order valence-corrected chi connectivity index (χ1v) is 10.5. The standard InChI is InChI=1S/C19H22N4O4S/c1-28(25,26)23-15-4-2-14(3-5-15)22-19(24)12-27-16-6-7-18-17(10-16)13(8-9-20)11-21-18/h2-7,10-11,21,23H,8-9,12,20H2,1H3,(H,22,24). The molecule has 0 aliphatic heterocycles. The molecule has 0 aliphatic rings. The summed E-state index contributed by atoms with van der Waals surface area (Å²) < 4.78 is 30.3. The van der Waals surface area contributed by atoms with E-state index in [2.05, 4.69) is 15.0 Å². The minimum atomic E-state index is -3.34. The molecule has 0 atom stereocenters. The first kappa shape index (κ1) is 19.7. The SMILES string of the molecule is CS(=O)(=O)Nc1ccc(NC(=O)COc2ccc3[nH]cc(CCN)c3c2)cc1. The summed E-state index contributed by atoms with van der Waals surface area (Å²) in [6.07, 6.45) is 3.76. The molecular weight excluding hydrogens is 380 g/mol. The van der Waals surface area contributed by atoms with E-state index in [0.29, 0.717) is 23.7 Å². The number of nitrogens with two attached hydrogens (primary N) is 1. The molecule has 3 aromatic rings. The highest BCUT2D eigenvalue weighted by Crippen LogP contribution is 2.24. The summed E-state index contributed by atoms with van der Waals surface area (Å²) in [6.45, 7) is 0.407. The molecule has 2 aromatic carbocycles. The fourth-order valence-corrected chi connectivity index (χ4v) is 3.36. The number of carbonyl (C=O) groups excluding carboxylic acids is 1. The second kappa shape index (κ2) is 8.32. The van der Waals surface area contributed by atoms with Gasteiger partial charge in [0.05, 0.1) is 6.26 Å². The minimum Gasteiger partial charge on any atom is -0.484 e. The summed E-state index contributed by atoms with van der Waals surface area (Å²) >= 11 is 0. The van der Waals surface area contributed by atoms with Crippen LogP contribution in [-0.4, -0.2) is 38.7 Å². The third kappa shape index (κ3) is 5.24. The van der Waals surface area contributed by atoms with Crippen LogP contribution < -0.4 is 20.5 Å². The van der Waals surface area contributed by atoms with Crippen LogP contribution in [0.4, 0.5) is 11.4 Å². The van der Waals surface area contributed by atoms with Crippen LogP contribution in [0.5, 0.6) is 5.75 Å². The molecule has 1 amide bonds. The Morgan fingerprint density at radius 1 is 1.14 bits per heavy atom. The predicted molar refractivity (Wildman–Crippen MR) is 110 cm³/mol. The first-order valence-electron chi connectivity index (χ1n) is 8.64. The van der Waals surface area contributed by atoms with Crippen LogP contribution >= 0.6 is 0 Å². The molecule has 0 aliphatic carbocycles. The van der Waals surface area contributed by atoms with E-state index in [9.17, 15) is 13.2 Å². The Kier molecular flexibility index (Phi) is 5.86. The van der Waals surface area contributed by atoms with Gasteiger partial charge in [0.25, 0.3) is 5.91 Å². The number of ether oxygens (including phenoxy) is 1. The molecular formula is C19H22N4O4S. The Morgan fingerprint density at radius 3 is 2.54 bits per heavy atom. The molecule has 0 saturated heterocycles. The van der Waals surface area contributed by atoms with Gasteiger partial charge in [-0.25, -0.2) is 8.42 Å². The van der Waals surface area contributed by atoms with E-state index in [0.717, 1.165) is 29.1 Å².